The van der Waals surface area contributed by atoms with Crippen LogP contribution in [-0.2, 0) is 95.5 Å². The summed E-state index contributed by atoms with van der Waals surface area (Å²) in [6.45, 7) is 8.74. The van der Waals surface area contributed by atoms with Crippen molar-refractivity contribution in [3.8, 4) is 46.0 Å². The van der Waals surface area contributed by atoms with Gasteiger partial charge in [-0.15, -0.1) is 11.3 Å². The molecule has 0 amide bonds. The van der Waals surface area contributed by atoms with E-state index in [0.717, 1.165) is 59.3 Å². The summed E-state index contributed by atoms with van der Waals surface area (Å²) in [5, 5.41) is 61.1. The minimum Gasteiger partial charge on any atom is -0.505 e. The van der Waals surface area contributed by atoms with Crippen LogP contribution in [-0.4, -0.2) is 212 Å². The quantitative estimate of drug-likeness (QED) is 0.0438. The van der Waals surface area contributed by atoms with Crippen LogP contribution in [0, 0.1) is 5.82 Å². The number of fused-ring (bicyclic) bond motifs is 3. The Morgan fingerprint density at radius 3 is 1.28 bits per heavy atom. The molecule has 50 heteroatoms. The first-order chi connectivity index (χ1) is 67.2. The zero-order valence-corrected chi connectivity index (χ0v) is 90.3. The molecule has 0 saturated carbocycles. The maximum absolute atomic E-state index is 13.9. The Hall–Kier alpha value is -8.15. The molecule has 4 saturated heterocycles. The molecule has 3 atom stereocenters. The lowest BCUT2D eigenvalue weighted by Gasteiger charge is -2.40. The van der Waals surface area contributed by atoms with Crippen LogP contribution in [0.3, 0.4) is 0 Å². The molecule has 0 bridgehead atoms. The van der Waals surface area contributed by atoms with Crippen LogP contribution in [0.15, 0.2) is 211 Å². The van der Waals surface area contributed by atoms with Crippen molar-refractivity contribution >= 4 is 238 Å². The third-order valence-corrected chi connectivity index (χ3v) is 38.7. The summed E-state index contributed by atoms with van der Waals surface area (Å²) in [4.78, 5) is 16.2. The molecular formula is C93H87Cl12FN8O22S7. The fraction of sp³-hybridized carbons (Fsp3) is 0.269. The van der Waals surface area contributed by atoms with E-state index in [4.69, 9.17) is 153 Å². The first-order valence-electron chi connectivity index (χ1n) is 42.8. The Kier molecular flexibility index (Phi) is 36.3. The van der Waals surface area contributed by atoms with Gasteiger partial charge in [0.05, 0.1) is 83.5 Å². The summed E-state index contributed by atoms with van der Waals surface area (Å²) in [6.07, 6.45) is 1.47. The zero-order valence-electron chi connectivity index (χ0n) is 75.5. The van der Waals surface area contributed by atoms with Gasteiger partial charge in [0.15, 0.2) is 34.5 Å². The highest BCUT2D eigenvalue weighted by atomic mass is 35.5. The van der Waals surface area contributed by atoms with Gasteiger partial charge in [0.2, 0.25) is 50.1 Å². The fourth-order valence-electron chi connectivity index (χ4n) is 16.0. The molecule has 6 aliphatic heterocycles. The molecule has 764 valence electrons. The maximum Gasteiger partial charge on any atom is 0.268 e. The number of morpholine rings is 1. The number of halogens is 13. The highest BCUT2D eigenvalue weighted by molar-refractivity contribution is 7.93. The number of carbonyl (C=O) groups excluding carboxylic acids is 1. The van der Waals surface area contributed by atoms with Gasteiger partial charge in [0.25, 0.3) is 10.0 Å². The number of sulfonamides is 6. The van der Waals surface area contributed by atoms with Gasteiger partial charge >= 0.3 is 0 Å². The molecule has 6 N–H and O–H groups in total. The van der Waals surface area contributed by atoms with Crippen molar-refractivity contribution in [2.75, 3.05) is 95.4 Å². The second-order valence-corrected chi connectivity index (χ2v) is 50.4. The highest BCUT2D eigenvalue weighted by Crippen LogP contribution is 2.48. The van der Waals surface area contributed by atoms with E-state index >= 15 is 0 Å². The molecule has 0 radical (unpaired) electrons. The predicted molar refractivity (Wildman–Crippen MR) is 554 cm³/mol. The van der Waals surface area contributed by atoms with Crippen LogP contribution in [0.4, 0.5) is 15.8 Å². The van der Waals surface area contributed by atoms with E-state index in [2.05, 4.69) is 9.88 Å². The summed E-state index contributed by atoms with van der Waals surface area (Å²) in [5.41, 5.74) is 6.39. The minimum absolute atomic E-state index is 0.0451. The lowest BCUT2D eigenvalue weighted by Crippen LogP contribution is -2.48. The average molecular weight is 2340 g/mol. The number of piperazine rings is 1. The van der Waals surface area contributed by atoms with Crippen LogP contribution in [0.5, 0.6) is 46.0 Å². The molecule has 18 rings (SSSR count). The lowest BCUT2D eigenvalue weighted by atomic mass is 9.97. The van der Waals surface area contributed by atoms with E-state index in [1.165, 1.54) is 101 Å². The van der Waals surface area contributed by atoms with Gasteiger partial charge in [-0.25, -0.2) is 59.9 Å². The van der Waals surface area contributed by atoms with Crippen LogP contribution in [0.25, 0.3) is 10.2 Å². The number of ketones is 1. The lowest BCUT2D eigenvalue weighted by molar-refractivity contribution is -0.116. The van der Waals surface area contributed by atoms with E-state index in [0.29, 0.717) is 68.9 Å². The molecule has 143 heavy (non-hydrogen) atoms. The Bertz CT molecular complexity index is 7580. The number of anilines is 2. The molecule has 12 aromatic rings. The Morgan fingerprint density at radius 2 is 0.839 bits per heavy atom. The van der Waals surface area contributed by atoms with Crippen LogP contribution in [0.2, 0.25) is 60.3 Å². The van der Waals surface area contributed by atoms with Crippen molar-refractivity contribution in [1.29, 1.82) is 0 Å². The smallest absolute Gasteiger partial charge is 0.268 e. The maximum atomic E-state index is 13.9. The largest absolute Gasteiger partial charge is 0.505 e. The van der Waals surface area contributed by atoms with Crippen molar-refractivity contribution in [3.63, 3.8) is 0 Å². The summed E-state index contributed by atoms with van der Waals surface area (Å²) < 4.78 is 192. The van der Waals surface area contributed by atoms with Crippen molar-refractivity contribution < 1.29 is 105 Å². The Morgan fingerprint density at radius 1 is 0.427 bits per heavy atom. The molecule has 1 aromatic heterocycles. The number of hydrogen-bond donors (Lipinski definition) is 6. The minimum atomic E-state index is -4.04. The van der Waals surface area contributed by atoms with Gasteiger partial charge in [0.1, 0.15) is 52.5 Å². The number of methoxy groups -OCH3 is 2. The normalized spacial score (nSPS) is 17.1. The van der Waals surface area contributed by atoms with Crippen molar-refractivity contribution in [1.82, 2.24) is 26.5 Å². The summed E-state index contributed by atoms with van der Waals surface area (Å²) in [6, 6.07) is 46.6. The molecule has 11 aromatic carbocycles. The van der Waals surface area contributed by atoms with E-state index in [9.17, 15) is 90.3 Å². The molecule has 0 spiro atoms. The van der Waals surface area contributed by atoms with Gasteiger partial charge in [-0.3, -0.25) is 9.10 Å². The number of ether oxygens (including phenoxy) is 3. The number of hydrogen-bond acceptors (Lipinski definition) is 25. The van der Waals surface area contributed by atoms with Crippen LogP contribution in [0.1, 0.15) is 72.0 Å². The summed E-state index contributed by atoms with van der Waals surface area (Å²) in [7, 11) is -20.4. The number of Topliss-reactive ketones (excluding diaryl/α,β-unsaturated/α-hetero) is 1. The standard InChI is InChI=1S/C18H17Cl2NO4S.C17H18Cl2N2O4S.C16H12Cl2N2O3S2.C15H12Cl2FNO3S.C15H13Cl2NO4S.C12H15Cl2NO4S/c1-11(22)6-12-2-3-13-4-5-21(10-14(13)7-12)26(24,25)17-9-15(19)8-16(20)18(17)23;1-25-14-4-2-13(3-5-14)20-6-8-21(9-7-20)26(23,24)16-11-12(18)10-15(19)17(16)22;17-10-5-11(18)15(21)14(6-10)25(22,23)20-7-9(8-20)16-19-12-3-1-2-4-13(12)24-16;16-9-7-11(17)15(20)14(8-9)23(21,22)19-6-5-13(19)10-3-1-2-4-12(10)18;1-22-11-2-3-13-9(6-11)4-5-18(13)23(20,21)14-8-10(16)7-12(17)15(14)19;1-7-5-15(6-8(2)19-7)20(17,18)11-4-9(13)3-10(14)12(11)16/h2-3,7-9,23H,4-6,10H2,1H3;2-5,10-11,22H,6-9H2,1H3;1-6,9,21H,7-8H2;1-4,7-8,13,20H,5-6H2;2-3,6-8,19H,4-5H2,1H3;3-4,7-8,16H,5-6H2,1-2H3/t;;;;;7-,8+. The predicted octanol–water partition coefficient (Wildman–Crippen LogP) is 20.8. The number of para-hydroxylation sites is 1. The molecule has 1 unspecified atom stereocenters. The van der Waals surface area contributed by atoms with E-state index in [1.807, 2.05) is 66.7 Å². The van der Waals surface area contributed by atoms with Gasteiger partial charge in [-0.2, -0.15) is 21.5 Å². The molecule has 30 nitrogen and oxygen atoms in total. The summed E-state index contributed by atoms with van der Waals surface area (Å²) >= 11 is 71.8. The number of carbonyl (C=O) groups is 1. The van der Waals surface area contributed by atoms with Gasteiger partial charge in [-0.1, -0.05) is 188 Å². The van der Waals surface area contributed by atoms with E-state index < -0.39 is 106 Å². The summed E-state index contributed by atoms with van der Waals surface area (Å²) in [5.74, 6) is -1.95. The number of rotatable bonds is 19. The van der Waals surface area contributed by atoms with Crippen molar-refractivity contribution in [2.45, 2.75) is 107 Å². The number of thiazole rings is 1. The Labute approximate surface area is 889 Å². The number of nitrogens with zero attached hydrogens (tertiary/aromatic N) is 8. The topological polar surface area (TPSA) is 407 Å². The van der Waals surface area contributed by atoms with Crippen LogP contribution < -0.4 is 18.7 Å². The number of benzene rings is 11. The fourth-order valence-corrected chi connectivity index (χ4v) is 30.7. The van der Waals surface area contributed by atoms with Gasteiger partial charge < -0.3 is 49.7 Å². The van der Waals surface area contributed by atoms with Crippen molar-refractivity contribution in [3.05, 3.63) is 281 Å². The number of phenols is 6. The third-order valence-electron chi connectivity index (χ3n) is 23.2. The van der Waals surface area contributed by atoms with E-state index in [1.54, 1.807) is 75.8 Å². The second kappa shape index (κ2) is 46.3. The molecule has 6 aliphatic rings. The monoisotopic (exact) mass is 2330 g/mol. The second-order valence-electron chi connectivity index (χ2n) is 32.9. The highest BCUT2D eigenvalue weighted by Gasteiger charge is 2.45. The molecule has 0 aliphatic carbocycles. The zero-order chi connectivity index (χ0) is 104. The Balaban J connectivity index is 0.000000144. The van der Waals surface area contributed by atoms with Crippen LogP contribution >= 0.6 is 151 Å². The first-order valence-corrected chi connectivity index (χ1v) is 56.8. The third kappa shape index (κ3) is 25.4. The van der Waals surface area contributed by atoms with Gasteiger partial charge in [-0.05, 0) is 196 Å². The number of aromatic nitrogens is 1. The first kappa shape index (κ1) is 112. The number of phenolic OH excluding ortho intramolecular Hbond substituents is 6. The molecular weight excluding hydrogens is 2250 g/mol. The number of aromatic hydroxyl groups is 6. The average Bonchev–Trinajstić information content (AvgIpc) is 1.72. The molecule has 4 fully saturated rings. The molecule has 7 heterocycles. The SMILES string of the molecule is CC(=O)Cc1ccc2c(c1)CN(S(=O)(=O)c1cc(Cl)cc(Cl)c1O)CC2.COc1ccc(N2CCN(S(=O)(=O)c3cc(Cl)cc(Cl)c3O)CC2)cc1.COc1ccc2c(c1)CCN2S(=O)(=O)c1cc(Cl)cc(Cl)c1O.C[C@@H]1CN(S(=O)(=O)c2cc(Cl)cc(Cl)c2O)C[C@H](C)O1.O=S(=O)(c1cc(Cl)cc(Cl)c1O)N1CC(c2nc3ccccc3s2)C1.O=S(=O)(c1cc(Cl)cc(Cl)c1O)N1CCC1c1ccccc1F. The van der Waals surface area contributed by atoms with Gasteiger partial charge in [0, 0.05) is 132 Å². The van der Waals surface area contributed by atoms with E-state index in [-0.39, 0.29) is 166 Å². The van der Waals surface area contributed by atoms with Crippen molar-refractivity contribution in [2.24, 2.45) is 0 Å².